The monoisotopic (exact) mass is 576 g/mol. The first-order valence-corrected chi connectivity index (χ1v) is 16.3. The number of rotatable bonds is 7. The lowest BCUT2D eigenvalue weighted by molar-refractivity contribution is -0.156. The van der Waals surface area contributed by atoms with Gasteiger partial charge in [-0.1, -0.05) is 44.6 Å². The summed E-state index contributed by atoms with van der Waals surface area (Å²) in [5, 5.41) is 0. The van der Waals surface area contributed by atoms with Crippen LogP contribution in [0, 0.1) is 34.5 Å². The SMILES string of the molecule is CCC(CCN(C)C(=O)OC(C)(C)C)C(=O)OC1CCC2(C)C(=CCC3C2CCC2(C)C(c4cccnc4)=CCC32)C1. The number of ether oxygens (including phenoxy) is 2. The number of nitrogens with zero attached hydrogens (tertiary/aromatic N) is 2. The molecule has 6 heteroatoms. The number of carbonyl (C=O) groups excluding carboxylic acids is 2. The molecule has 7 unspecified atom stereocenters. The van der Waals surface area contributed by atoms with Gasteiger partial charge in [0.2, 0.25) is 0 Å². The minimum absolute atomic E-state index is 0.0507. The number of pyridine rings is 1. The molecule has 7 atom stereocenters. The second-order valence-electron chi connectivity index (χ2n) is 14.9. The number of hydrogen-bond donors (Lipinski definition) is 0. The lowest BCUT2D eigenvalue weighted by atomic mass is 9.47. The molecule has 6 nitrogen and oxygen atoms in total. The van der Waals surface area contributed by atoms with Gasteiger partial charge in [0.1, 0.15) is 11.7 Å². The highest BCUT2D eigenvalue weighted by Crippen LogP contribution is 2.66. The van der Waals surface area contributed by atoms with E-state index in [0.29, 0.717) is 37.1 Å². The Labute approximate surface area is 253 Å². The number of carbonyl (C=O) groups is 2. The molecule has 0 N–H and O–H groups in total. The summed E-state index contributed by atoms with van der Waals surface area (Å²) in [7, 11) is 1.73. The summed E-state index contributed by atoms with van der Waals surface area (Å²) in [6.07, 6.45) is 17.5. The summed E-state index contributed by atoms with van der Waals surface area (Å²) in [6.45, 7) is 13.1. The van der Waals surface area contributed by atoms with E-state index in [-0.39, 0.29) is 34.9 Å². The summed E-state index contributed by atoms with van der Waals surface area (Å²) < 4.78 is 11.6. The molecule has 0 aliphatic heterocycles. The van der Waals surface area contributed by atoms with Crippen LogP contribution in [-0.4, -0.2) is 47.2 Å². The van der Waals surface area contributed by atoms with Crippen molar-refractivity contribution in [3.63, 3.8) is 0 Å². The van der Waals surface area contributed by atoms with E-state index < -0.39 is 5.60 Å². The van der Waals surface area contributed by atoms with Crippen molar-refractivity contribution < 1.29 is 19.1 Å². The third-order valence-electron chi connectivity index (χ3n) is 11.2. The molecule has 0 saturated heterocycles. The molecule has 4 aliphatic rings. The molecule has 0 aromatic carbocycles. The highest BCUT2D eigenvalue weighted by molar-refractivity contribution is 5.73. The zero-order chi connectivity index (χ0) is 30.3. The fourth-order valence-electron chi connectivity index (χ4n) is 8.79. The molecular weight excluding hydrogens is 524 g/mol. The second-order valence-corrected chi connectivity index (χ2v) is 14.9. The third-order valence-corrected chi connectivity index (χ3v) is 11.2. The normalized spacial score (nSPS) is 32.8. The maximum absolute atomic E-state index is 13.2. The van der Waals surface area contributed by atoms with Gasteiger partial charge in [0.25, 0.3) is 0 Å². The van der Waals surface area contributed by atoms with Crippen LogP contribution in [-0.2, 0) is 14.3 Å². The van der Waals surface area contributed by atoms with Gasteiger partial charge < -0.3 is 14.4 Å². The summed E-state index contributed by atoms with van der Waals surface area (Å²) >= 11 is 0. The maximum atomic E-state index is 13.2. The molecular formula is C36H52N2O4. The first-order chi connectivity index (χ1) is 19.9. The van der Waals surface area contributed by atoms with Crippen LogP contribution in [0.2, 0.25) is 0 Å². The van der Waals surface area contributed by atoms with Crippen molar-refractivity contribution in [1.29, 1.82) is 0 Å². The largest absolute Gasteiger partial charge is 0.462 e. The zero-order valence-electron chi connectivity index (χ0n) is 26.9. The number of hydrogen-bond acceptors (Lipinski definition) is 5. The summed E-state index contributed by atoms with van der Waals surface area (Å²) in [4.78, 5) is 31.6. The number of amides is 1. The molecule has 0 spiro atoms. The predicted octanol–water partition coefficient (Wildman–Crippen LogP) is 8.23. The van der Waals surface area contributed by atoms with Gasteiger partial charge in [0.15, 0.2) is 0 Å². The summed E-state index contributed by atoms with van der Waals surface area (Å²) in [6, 6.07) is 4.29. The van der Waals surface area contributed by atoms with Crippen molar-refractivity contribution in [2.24, 2.45) is 34.5 Å². The number of aromatic nitrogens is 1. The molecule has 0 radical (unpaired) electrons. The molecule has 1 amide bonds. The molecule has 1 aromatic heterocycles. The molecule has 5 rings (SSSR count). The van der Waals surface area contributed by atoms with Crippen molar-refractivity contribution in [2.75, 3.05) is 13.6 Å². The highest BCUT2D eigenvalue weighted by atomic mass is 16.6. The van der Waals surface area contributed by atoms with Crippen LogP contribution in [0.3, 0.4) is 0 Å². The molecule has 230 valence electrons. The van der Waals surface area contributed by atoms with Crippen molar-refractivity contribution in [3.8, 4) is 0 Å². The molecule has 4 aliphatic carbocycles. The van der Waals surface area contributed by atoms with Crippen LogP contribution in [0.5, 0.6) is 0 Å². The van der Waals surface area contributed by atoms with Crippen LogP contribution in [0.15, 0.2) is 42.3 Å². The Morgan fingerprint density at radius 1 is 1.10 bits per heavy atom. The van der Waals surface area contributed by atoms with Gasteiger partial charge in [-0.15, -0.1) is 0 Å². The fourth-order valence-corrected chi connectivity index (χ4v) is 8.79. The molecule has 0 bridgehead atoms. The average molecular weight is 577 g/mol. The lowest BCUT2D eigenvalue weighted by Gasteiger charge is -2.58. The third kappa shape index (κ3) is 5.92. The first kappa shape index (κ1) is 30.8. The van der Waals surface area contributed by atoms with E-state index in [2.05, 4.69) is 43.1 Å². The van der Waals surface area contributed by atoms with Crippen LogP contribution < -0.4 is 0 Å². The molecule has 1 heterocycles. The van der Waals surface area contributed by atoms with Gasteiger partial charge in [-0.25, -0.2) is 4.79 Å². The second kappa shape index (κ2) is 11.8. The number of fused-ring (bicyclic) bond motifs is 5. The predicted molar refractivity (Wildman–Crippen MR) is 166 cm³/mol. The van der Waals surface area contributed by atoms with E-state index in [1.165, 1.54) is 36.0 Å². The average Bonchev–Trinajstić information content (AvgIpc) is 3.30. The van der Waals surface area contributed by atoms with E-state index >= 15 is 0 Å². The number of allylic oxidation sites excluding steroid dienone is 3. The van der Waals surface area contributed by atoms with Crippen molar-refractivity contribution in [1.82, 2.24) is 9.88 Å². The van der Waals surface area contributed by atoms with Crippen LogP contribution in [0.25, 0.3) is 5.57 Å². The Hall–Kier alpha value is -2.63. The smallest absolute Gasteiger partial charge is 0.410 e. The van der Waals surface area contributed by atoms with Crippen LogP contribution in [0.1, 0.15) is 105 Å². The van der Waals surface area contributed by atoms with E-state index in [1.54, 1.807) is 11.9 Å². The Morgan fingerprint density at radius 2 is 1.86 bits per heavy atom. The quantitative estimate of drug-likeness (QED) is 0.242. The van der Waals surface area contributed by atoms with Gasteiger partial charge in [-0.3, -0.25) is 9.78 Å². The van der Waals surface area contributed by atoms with Crippen LogP contribution in [0.4, 0.5) is 4.79 Å². The van der Waals surface area contributed by atoms with E-state index in [1.807, 2.05) is 40.1 Å². The molecule has 42 heavy (non-hydrogen) atoms. The standard InChI is InChI=1S/C36H52N2O4/c1-8-24(17-21-38(7)33(40)42-34(2,3)4)32(39)41-27-15-18-35(5)26(22-27)11-12-28-30-14-13-29(25-10-9-20-37-23-25)36(30,6)19-16-31(28)35/h9-11,13,20,23-24,27-28,30-31H,8,12,14-19,21-22H2,1-7H3. The topological polar surface area (TPSA) is 68.7 Å². The van der Waals surface area contributed by atoms with Crippen molar-refractivity contribution in [2.45, 2.75) is 111 Å². The maximum Gasteiger partial charge on any atom is 0.410 e. The molecule has 1 aromatic rings. The van der Waals surface area contributed by atoms with Crippen molar-refractivity contribution >= 4 is 17.6 Å². The minimum atomic E-state index is -0.536. The van der Waals surface area contributed by atoms with Gasteiger partial charge >= 0.3 is 12.1 Å². The lowest BCUT2D eigenvalue weighted by Crippen LogP contribution is -2.50. The Bertz CT molecular complexity index is 1220. The van der Waals surface area contributed by atoms with E-state index in [9.17, 15) is 9.59 Å². The first-order valence-electron chi connectivity index (χ1n) is 16.3. The number of esters is 1. The van der Waals surface area contributed by atoms with Crippen molar-refractivity contribution in [3.05, 3.63) is 47.8 Å². The fraction of sp³-hybridized carbons (Fsp3) is 0.694. The van der Waals surface area contributed by atoms with Gasteiger partial charge in [-0.2, -0.15) is 0 Å². The van der Waals surface area contributed by atoms with Gasteiger partial charge in [0, 0.05) is 32.4 Å². The Balaban J connectivity index is 1.19. The van der Waals surface area contributed by atoms with Gasteiger partial charge in [-0.05, 0) is 118 Å². The van der Waals surface area contributed by atoms with E-state index in [0.717, 1.165) is 25.7 Å². The Kier molecular flexibility index (Phi) is 8.66. The van der Waals surface area contributed by atoms with Crippen LogP contribution >= 0.6 is 0 Å². The summed E-state index contributed by atoms with van der Waals surface area (Å²) in [5.41, 5.74) is 4.22. The summed E-state index contributed by atoms with van der Waals surface area (Å²) in [5.74, 6) is 1.74. The minimum Gasteiger partial charge on any atom is -0.462 e. The molecule has 2 fully saturated rings. The van der Waals surface area contributed by atoms with E-state index in [4.69, 9.17) is 9.47 Å². The highest BCUT2D eigenvalue weighted by Gasteiger charge is 2.57. The zero-order valence-corrected chi connectivity index (χ0v) is 26.9. The van der Waals surface area contributed by atoms with Gasteiger partial charge in [0.05, 0.1) is 5.92 Å². The molecule has 2 saturated carbocycles. The Morgan fingerprint density at radius 3 is 2.55 bits per heavy atom.